The summed E-state index contributed by atoms with van der Waals surface area (Å²) in [6, 6.07) is 0.642. The van der Waals surface area contributed by atoms with Crippen molar-refractivity contribution in [3.05, 3.63) is 0 Å². The van der Waals surface area contributed by atoms with E-state index in [1.54, 1.807) is 0 Å². The molecule has 0 radical (unpaired) electrons. The fraction of sp³-hybridized carbons (Fsp3) is 0.818. The lowest BCUT2D eigenvalue weighted by atomic mass is 10.3. The summed E-state index contributed by atoms with van der Waals surface area (Å²) < 4.78 is 0. The Kier molecular flexibility index (Phi) is 5.85. The van der Waals surface area contributed by atoms with Crippen LogP contribution in [-0.2, 0) is 9.59 Å². The van der Waals surface area contributed by atoms with Gasteiger partial charge in [-0.25, -0.2) is 0 Å². The third-order valence-corrected chi connectivity index (χ3v) is 2.41. The minimum atomic E-state index is -0.0149. The summed E-state index contributed by atoms with van der Waals surface area (Å²) in [5.41, 5.74) is 0. The fourth-order valence-corrected chi connectivity index (χ4v) is 1.37. The highest BCUT2D eigenvalue weighted by atomic mass is 16.2. The number of carbonyl (C=O) groups is 2. The van der Waals surface area contributed by atoms with Crippen LogP contribution in [0.3, 0.4) is 0 Å². The maximum absolute atomic E-state index is 11.3. The summed E-state index contributed by atoms with van der Waals surface area (Å²) in [5, 5.41) is 8.68. The molecule has 0 aliphatic heterocycles. The van der Waals surface area contributed by atoms with Crippen LogP contribution in [0.5, 0.6) is 0 Å². The summed E-state index contributed by atoms with van der Waals surface area (Å²) in [7, 11) is 0. The van der Waals surface area contributed by atoms with Gasteiger partial charge in [0.25, 0.3) is 0 Å². The highest BCUT2D eigenvalue weighted by molar-refractivity contribution is 5.78. The molecule has 1 fully saturated rings. The van der Waals surface area contributed by atoms with Gasteiger partial charge in [0, 0.05) is 38.5 Å². The van der Waals surface area contributed by atoms with Crippen molar-refractivity contribution in [2.45, 2.75) is 38.6 Å². The number of nitrogens with one attached hydrogen (secondary N) is 3. The second-order valence-electron chi connectivity index (χ2n) is 4.03. The van der Waals surface area contributed by atoms with E-state index in [1.165, 1.54) is 12.8 Å². The van der Waals surface area contributed by atoms with Crippen LogP contribution in [0, 0.1) is 0 Å². The van der Waals surface area contributed by atoms with Crippen molar-refractivity contribution in [2.24, 2.45) is 0 Å². The van der Waals surface area contributed by atoms with Gasteiger partial charge in [0.15, 0.2) is 0 Å². The monoisotopic (exact) mass is 227 g/mol. The Hall–Kier alpha value is -1.10. The Morgan fingerprint density at radius 3 is 2.31 bits per heavy atom. The minimum absolute atomic E-state index is 0.0115. The van der Waals surface area contributed by atoms with Crippen LogP contribution in [0.15, 0.2) is 0 Å². The smallest absolute Gasteiger partial charge is 0.221 e. The molecule has 92 valence electrons. The largest absolute Gasteiger partial charge is 0.356 e. The predicted molar refractivity (Wildman–Crippen MR) is 62.0 cm³/mol. The number of hydrogen-bond acceptors (Lipinski definition) is 3. The van der Waals surface area contributed by atoms with Crippen LogP contribution < -0.4 is 16.0 Å². The van der Waals surface area contributed by atoms with Crippen LogP contribution >= 0.6 is 0 Å². The molecule has 0 aromatic heterocycles. The molecular formula is C11H21N3O2. The van der Waals surface area contributed by atoms with Gasteiger partial charge in [0.05, 0.1) is 0 Å². The van der Waals surface area contributed by atoms with E-state index < -0.39 is 0 Å². The molecule has 1 saturated carbocycles. The molecule has 0 unspecified atom stereocenters. The molecule has 1 aliphatic rings. The predicted octanol–water partition coefficient (Wildman–Crippen LogP) is -0.229. The number of hydrogen-bond donors (Lipinski definition) is 3. The first-order valence-corrected chi connectivity index (χ1v) is 5.99. The molecule has 5 heteroatoms. The molecule has 0 atom stereocenters. The van der Waals surface area contributed by atoms with E-state index in [0.29, 0.717) is 32.0 Å². The molecular weight excluding hydrogens is 206 g/mol. The molecule has 3 N–H and O–H groups in total. The van der Waals surface area contributed by atoms with Crippen molar-refractivity contribution in [3.63, 3.8) is 0 Å². The zero-order valence-electron chi connectivity index (χ0n) is 9.84. The van der Waals surface area contributed by atoms with Crippen LogP contribution in [-0.4, -0.2) is 37.5 Å². The third-order valence-electron chi connectivity index (χ3n) is 2.41. The van der Waals surface area contributed by atoms with Crippen molar-refractivity contribution in [1.82, 2.24) is 16.0 Å². The molecule has 0 aromatic rings. The fourth-order valence-electron chi connectivity index (χ4n) is 1.37. The molecule has 0 spiro atoms. The number of rotatable bonds is 8. The lowest BCUT2D eigenvalue weighted by Gasteiger charge is -2.05. The first-order valence-electron chi connectivity index (χ1n) is 5.99. The van der Waals surface area contributed by atoms with Crippen LogP contribution in [0.1, 0.15) is 32.6 Å². The second-order valence-corrected chi connectivity index (χ2v) is 4.03. The molecule has 1 aliphatic carbocycles. The van der Waals surface area contributed by atoms with Gasteiger partial charge in [-0.2, -0.15) is 0 Å². The molecule has 2 amide bonds. The average molecular weight is 227 g/mol. The average Bonchev–Trinajstić information content (AvgIpc) is 3.02. The quantitative estimate of drug-likeness (QED) is 0.536. The minimum Gasteiger partial charge on any atom is -0.356 e. The molecule has 5 nitrogen and oxygen atoms in total. The molecule has 16 heavy (non-hydrogen) atoms. The molecule has 0 aromatic carbocycles. The zero-order valence-corrected chi connectivity index (χ0v) is 9.84. The van der Waals surface area contributed by atoms with Crippen molar-refractivity contribution < 1.29 is 9.59 Å². The summed E-state index contributed by atoms with van der Waals surface area (Å²) in [4.78, 5) is 22.4. The van der Waals surface area contributed by atoms with Gasteiger partial charge < -0.3 is 16.0 Å². The van der Waals surface area contributed by atoms with Crippen LogP contribution in [0.2, 0.25) is 0 Å². The van der Waals surface area contributed by atoms with Crippen molar-refractivity contribution in [3.8, 4) is 0 Å². The van der Waals surface area contributed by atoms with Crippen molar-refractivity contribution in [2.75, 3.05) is 19.6 Å². The van der Waals surface area contributed by atoms with Crippen LogP contribution in [0.4, 0.5) is 0 Å². The SMILES string of the molecule is CCNC(=O)CCNC(=O)CCNC1CC1. The maximum Gasteiger partial charge on any atom is 0.221 e. The van der Waals surface area contributed by atoms with Crippen molar-refractivity contribution >= 4 is 11.8 Å². The Bertz CT molecular complexity index is 239. The lowest BCUT2D eigenvalue weighted by molar-refractivity contribution is -0.122. The lowest BCUT2D eigenvalue weighted by Crippen LogP contribution is -2.32. The van der Waals surface area contributed by atoms with E-state index in [0.717, 1.165) is 6.54 Å². The molecule has 0 bridgehead atoms. The van der Waals surface area contributed by atoms with Crippen molar-refractivity contribution in [1.29, 1.82) is 0 Å². The highest BCUT2D eigenvalue weighted by Gasteiger charge is 2.19. The normalized spacial score (nSPS) is 14.6. The highest BCUT2D eigenvalue weighted by Crippen LogP contribution is 2.18. The van der Waals surface area contributed by atoms with E-state index >= 15 is 0 Å². The van der Waals surface area contributed by atoms with E-state index in [-0.39, 0.29) is 11.8 Å². The second kappa shape index (κ2) is 7.22. The van der Waals surface area contributed by atoms with Gasteiger partial charge in [-0.15, -0.1) is 0 Å². The Morgan fingerprint density at radius 2 is 1.69 bits per heavy atom. The summed E-state index contributed by atoms with van der Waals surface area (Å²) >= 11 is 0. The van der Waals surface area contributed by atoms with Gasteiger partial charge in [0.2, 0.25) is 11.8 Å². The van der Waals surface area contributed by atoms with E-state index in [9.17, 15) is 9.59 Å². The Morgan fingerprint density at radius 1 is 1.06 bits per heavy atom. The zero-order chi connectivity index (χ0) is 11.8. The van der Waals surface area contributed by atoms with E-state index in [4.69, 9.17) is 0 Å². The standard InChI is InChI=1S/C11H21N3O2/c1-2-12-10(15)6-8-14-11(16)5-7-13-9-3-4-9/h9,13H,2-8H2,1H3,(H,12,15)(H,14,16). The number of amides is 2. The third kappa shape index (κ3) is 6.40. The topological polar surface area (TPSA) is 70.2 Å². The first kappa shape index (κ1) is 13.0. The van der Waals surface area contributed by atoms with Gasteiger partial charge >= 0.3 is 0 Å². The van der Waals surface area contributed by atoms with Gasteiger partial charge in [-0.1, -0.05) is 0 Å². The van der Waals surface area contributed by atoms with Gasteiger partial charge in [-0.05, 0) is 19.8 Å². The van der Waals surface area contributed by atoms with Gasteiger partial charge in [0.1, 0.15) is 0 Å². The molecule has 0 saturated heterocycles. The summed E-state index contributed by atoms with van der Waals surface area (Å²) in [6.45, 7) is 3.67. The summed E-state index contributed by atoms with van der Waals surface area (Å²) in [6.07, 6.45) is 3.32. The Balaban J connectivity index is 1.90. The van der Waals surface area contributed by atoms with E-state index in [1.807, 2.05) is 6.92 Å². The number of carbonyl (C=O) groups excluding carboxylic acids is 2. The molecule has 0 heterocycles. The molecule has 1 rings (SSSR count). The maximum atomic E-state index is 11.3. The Labute approximate surface area is 96.4 Å². The van der Waals surface area contributed by atoms with E-state index in [2.05, 4.69) is 16.0 Å². The van der Waals surface area contributed by atoms with Gasteiger partial charge in [-0.3, -0.25) is 9.59 Å². The first-order chi connectivity index (χ1) is 7.72. The van der Waals surface area contributed by atoms with Crippen LogP contribution in [0.25, 0.3) is 0 Å². The summed E-state index contributed by atoms with van der Waals surface area (Å²) in [5.74, 6) is -0.00338.